The summed E-state index contributed by atoms with van der Waals surface area (Å²) in [6.07, 6.45) is 0. The Morgan fingerprint density at radius 3 is 2.52 bits per heavy atom. The molecule has 0 fully saturated rings. The fourth-order valence-electron chi connectivity index (χ4n) is 2.48. The Bertz CT molecular complexity index is 660. The van der Waals surface area contributed by atoms with Crippen LogP contribution in [-0.2, 0) is 11.3 Å². The van der Waals surface area contributed by atoms with E-state index in [-0.39, 0.29) is 17.8 Å². The lowest BCUT2D eigenvalue weighted by molar-refractivity contribution is -0.885. The van der Waals surface area contributed by atoms with Gasteiger partial charge in [0.1, 0.15) is 12.4 Å². The van der Waals surface area contributed by atoms with Crippen molar-refractivity contribution in [2.75, 3.05) is 13.6 Å². The summed E-state index contributed by atoms with van der Waals surface area (Å²) in [5, 5.41) is 3.60. The van der Waals surface area contributed by atoms with Crippen molar-refractivity contribution in [3.05, 3.63) is 70.5 Å². The van der Waals surface area contributed by atoms with Gasteiger partial charge in [0, 0.05) is 10.6 Å². The highest BCUT2D eigenvalue weighted by molar-refractivity contribution is 6.31. The largest absolute Gasteiger partial charge is 0.345 e. The fourth-order valence-corrected chi connectivity index (χ4v) is 2.78. The van der Waals surface area contributed by atoms with Gasteiger partial charge in [-0.25, -0.2) is 4.39 Å². The lowest BCUT2D eigenvalue weighted by Crippen LogP contribution is -3.08. The molecule has 2 aromatic rings. The summed E-state index contributed by atoms with van der Waals surface area (Å²) in [5.41, 5.74) is 1.90. The molecule has 1 amide bonds. The van der Waals surface area contributed by atoms with E-state index >= 15 is 0 Å². The van der Waals surface area contributed by atoms with Gasteiger partial charge in [-0.1, -0.05) is 41.9 Å². The zero-order chi connectivity index (χ0) is 16.8. The zero-order valence-electron chi connectivity index (χ0n) is 13.3. The predicted octanol–water partition coefficient (Wildman–Crippen LogP) is 2.37. The summed E-state index contributed by atoms with van der Waals surface area (Å²) >= 11 is 6.14. The second kappa shape index (κ2) is 8.09. The minimum Gasteiger partial charge on any atom is -0.345 e. The number of likely N-dealkylation sites (N-methyl/N-ethyl adjacent to an activating group) is 1. The fraction of sp³-hybridized carbons (Fsp3) is 0.278. The van der Waals surface area contributed by atoms with Crippen molar-refractivity contribution in [3.63, 3.8) is 0 Å². The molecule has 23 heavy (non-hydrogen) atoms. The van der Waals surface area contributed by atoms with Crippen LogP contribution in [0.2, 0.25) is 5.02 Å². The van der Waals surface area contributed by atoms with Gasteiger partial charge in [-0.2, -0.15) is 0 Å². The highest BCUT2D eigenvalue weighted by atomic mass is 35.5. The third-order valence-electron chi connectivity index (χ3n) is 3.63. The lowest BCUT2D eigenvalue weighted by atomic mass is 10.1. The van der Waals surface area contributed by atoms with E-state index in [0.717, 1.165) is 16.0 Å². The maximum Gasteiger partial charge on any atom is 0.275 e. The van der Waals surface area contributed by atoms with Crippen LogP contribution in [0, 0.1) is 5.82 Å². The standard InChI is InChI=1S/C18H20ClFN2O/c1-13(16-5-3-4-6-17(16)19)21-18(23)12-22(2)11-14-7-9-15(20)10-8-14/h3-10,13H,11-12H2,1-2H3,(H,21,23)/p+1/t13-/m0/s1. The first kappa shape index (κ1) is 17.4. The van der Waals surface area contributed by atoms with Crippen LogP contribution >= 0.6 is 11.6 Å². The van der Waals surface area contributed by atoms with Gasteiger partial charge in [0.15, 0.2) is 6.54 Å². The first-order chi connectivity index (χ1) is 11.0. The Morgan fingerprint density at radius 2 is 1.87 bits per heavy atom. The number of carbonyl (C=O) groups excluding carboxylic acids is 1. The number of carbonyl (C=O) groups is 1. The molecule has 1 unspecified atom stereocenters. The van der Waals surface area contributed by atoms with Crippen LogP contribution in [-0.4, -0.2) is 19.5 Å². The molecule has 2 atom stereocenters. The number of quaternary nitrogens is 1. The molecule has 0 saturated heterocycles. The molecule has 0 aromatic heterocycles. The van der Waals surface area contributed by atoms with E-state index in [1.165, 1.54) is 12.1 Å². The monoisotopic (exact) mass is 335 g/mol. The molecule has 2 rings (SSSR count). The van der Waals surface area contributed by atoms with Gasteiger partial charge in [0.25, 0.3) is 5.91 Å². The third-order valence-corrected chi connectivity index (χ3v) is 3.97. The molecule has 0 bridgehead atoms. The number of hydrogen-bond acceptors (Lipinski definition) is 1. The van der Waals surface area contributed by atoms with Gasteiger partial charge < -0.3 is 10.2 Å². The van der Waals surface area contributed by atoms with Crippen molar-refractivity contribution in [2.24, 2.45) is 0 Å². The molecule has 0 aliphatic heterocycles. The molecule has 3 nitrogen and oxygen atoms in total. The summed E-state index contributed by atoms with van der Waals surface area (Å²) in [6, 6.07) is 13.7. The number of amides is 1. The van der Waals surface area contributed by atoms with Crippen molar-refractivity contribution >= 4 is 17.5 Å². The highest BCUT2D eigenvalue weighted by Crippen LogP contribution is 2.21. The van der Waals surface area contributed by atoms with E-state index < -0.39 is 0 Å². The van der Waals surface area contributed by atoms with Crippen LogP contribution in [0.4, 0.5) is 4.39 Å². The number of benzene rings is 2. The van der Waals surface area contributed by atoms with E-state index in [4.69, 9.17) is 11.6 Å². The van der Waals surface area contributed by atoms with E-state index in [0.29, 0.717) is 18.1 Å². The van der Waals surface area contributed by atoms with Crippen LogP contribution in [0.1, 0.15) is 24.1 Å². The maximum absolute atomic E-state index is 12.9. The van der Waals surface area contributed by atoms with Crippen LogP contribution in [0.3, 0.4) is 0 Å². The van der Waals surface area contributed by atoms with Crippen molar-refractivity contribution in [1.82, 2.24) is 5.32 Å². The number of hydrogen-bond donors (Lipinski definition) is 2. The third kappa shape index (κ3) is 5.34. The SMILES string of the molecule is C[C@H](NC(=O)C[NH+](C)Cc1ccc(F)cc1)c1ccccc1Cl. The second-order valence-electron chi connectivity index (χ2n) is 5.75. The molecule has 0 aliphatic carbocycles. The van der Waals surface area contributed by atoms with Gasteiger partial charge in [0.05, 0.1) is 13.1 Å². The molecule has 0 aliphatic rings. The average Bonchev–Trinajstić information content (AvgIpc) is 2.49. The van der Waals surface area contributed by atoms with Crippen molar-refractivity contribution < 1.29 is 14.1 Å². The molecule has 0 saturated carbocycles. The maximum atomic E-state index is 12.9. The molecular weight excluding hydrogens is 315 g/mol. The van der Waals surface area contributed by atoms with E-state index in [1.54, 1.807) is 12.1 Å². The van der Waals surface area contributed by atoms with Gasteiger partial charge in [-0.15, -0.1) is 0 Å². The van der Waals surface area contributed by atoms with Crippen molar-refractivity contribution in [1.29, 1.82) is 0 Å². The first-order valence-corrected chi connectivity index (χ1v) is 7.93. The number of halogens is 2. The Hall–Kier alpha value is -1.91. The first-order valence-electron chi connectivity index (χ1n) is 7.55. The second-order valence-corrected chi connectivity index (χ2v) is 6.16. The van der Waals surface area contributed by atoms with E-state index in [2.05, 4.69) is 5.32 Å². The average molecular weight is 336 g/mol. The molecule has 122 valence electrons. The molecule has 0 spiro atoms. The lowest BCUT2D eigenvalue weighted by Gasteiger charge is -2.18. The quantitative estimate of drug-likeness (QED) is 0.835. The van der Waals surface area contributed by atoms with Gasteiger partial charge in [0.2, 0.25) is 0 Å². The summed E-state index contributed by atoms with van der Waals surface area (Å²) in [5.74, 6) is -0.297. The summed E-state index contributed by atoms with van der Waals surface area (Å²) < 4.78 is 12.9. The smallest absolute Gasteiger partial charge is 0.275 e. The van der Waals surface area contributed by atoms with Gasteiger partial charge in [-0.3, -0.25) is 4.79 Å². The Labute approximate surface area is 141 Å². The normalized spacial score (nSPS) is 13.4. The minimum absolute atomic E-state index is 0.0444. The summed E-state index contributed by atoms with van der Waals surface area (Å²) in [7, 11) is 1.93. The van der Waals surface area contributed by atoms with Crippen LogP contribution < -0.4 is 10.2 Å². The Morgan fingerprint density at radius 1 is 1.22 bits per heavy atom. The van der Waals surface area contributed by atoms with E-state index in [9.17, 15) is 9.18 Å². The van der Waals surface area contributed by atoms with Gasteiger partial charge in [-0.05, 0) is 30.7 Å². The van der Waals surface area contributed by atoms with Crippen molar-refractivity contribution in [2.45, 2.75) is 19.5 Å². The Balaban J connectivity index is 1.86. The summed E-state index contributed by atoms with van der Waals surface area (Å²) in [6.45, 7) is 2.91. The zero-order valence-corrected chi connectivity index (χ0v) is 14.0. The minimum atomic E-state index is -0.252. The highest BCUT2D eigenvalue weighted by Gasteiger charge is 2.15. The predicted molar refractivity (Wildman–Crippen MR) is 89.9 cm³/mol. The Kier molecular flexibility index (Phi) is 6.13. The molecule has 2 N–H and O–H groups in total. The molecule has 0 radical (unpaired) electrons. The molecule has 2 aromatic carbocycles. The van der Waals surface area contributed by atoms with Crippen LogP contribution in [0.15, 0.2) is 48.5 Å². The number of rotatable bonds is 6. The van der Waals surface area contributed by atoms with E-state index in [1.807, 2.05) is 38.2 Å². The summed E-state index contributed by atoms with van der Waals surface area (Å²) in [4.78, 5) is 13.2. The molecule has 5 heteroatoms. The molecule has 0 heterocycles. The van der Waals surface area contributed by atoms with Crippen LogP contribution in [0.25, 0.3) is 0 Å². The van der Waals surface area contributed by atoms with Crippen molar-refractivity contribution in [3.8, 4) is 0 Å². The van der Waals surface area contributed by atoms with Crippen LogP contribution in [0.5, 0.6) is 0 Å². The van der Waals surface area contributed by atoms with Gasteiger partial charge >= 0.3 is 0 Å². The number of nitrogens with one attached hydrogen (secondary N) is 2. The topological polar surface area (TPSA) is 33.5 Å². The molecular formula is C18H21ClFN2O+.